The Bertz CT molecular complexity index is 713. The lowest BCUT2D eigenvalue weighted by Crippen LogP contribution is -2.36. The molecule has 0 saturated carbocycles. The van der Waals surface area contributed by atoms with Crippen molar-refractivity contribution in [3.8, 4) is 0 Å². The molecule has 0 spiro atoms. The normalized spacial score (nSPS) is 16.8. The van der Waals surface area contributed by atoms with Crippen molar-refractivity contribution in [1.29, 1.82) is 0 Å². The van der Waals surface area contributed by atoms with E-state index in [4.69, 9.17) is 4.74 Å². The molecule has 140 valence electrons. The molecule has 1 aliphatic rings. The standard InChI is InChI=1S/C19H20F4N2O/c20-18-11-15(19(21,22)23)5-4-14(18)12-25-9-6-17(7-10-25)26-13-16-3-1-2-8-24-16/h1-5,8,11,17H,6-7,9-10,12-13H2. The number of hydrogen-bond acceptors (Lipinski definition) is 3. The Hall–Kier alpha value is -1.99. The van der Waals surface area contributed by atoms with Crippen LogP contribution in [0, 0.1) is 5.82 Å². The Morgan fingerprint density at radius 2 is 1.88 bits per heavy atom. The number of aromatic nitrogens is 1. The molecule has 1 aromatic heterocycles. The summed E-state index contributed by atoms with van der Waals surface area (Å²) in [4.78, 5) is 6.24. The summed E-state index contributed by atoms with van der Waals surface area (Å²) in [6.07, 6.45) is -1.09. The summed E-state index contributed by atoms with van der Waals surface area (Å²) in [6, 6.07) is 8.39. The van der Waals surface area contributed by atoms with E-state index in [1.165, 1.54) is 6.07 Å². The van der Waals surface area contributed by atoms with Crippen LogP contribution in [0.25, 0.3) is 0 Å². The van der Waals surface area contributed by atoms with Crippen LogP contribution in [0.1, 0.15) is 29.7 Å². The molecular formula is C19H20F4N2O. The summed E-state index contributed by atoms with van der Waals surface area (Å²) in [5.74, 6) is -0.812. The van der Waals surface area contributed by atoms with E-state index in [0.29, 0.717) is 32.3 Å². The fourth-order valence-corrected chi connectivity index (χ4v) is 3.01. The van der Waals surface area contributed by atoms with Crippen molar-refractivity contribution in [2.45, 2.75) is 38.3 Å². The number of piperidine rings is 1. The summed E-state index contributed by atoms with van der Waals surface area (Å²) < 4.78 is 57.6. The third kappa shape index (κ3) is 5.02. The van der Waals surface area contributed by atoms with E-state index in [9.17, 15) is 17.6 Å². The van der Waals surface area contributed by atoms with Crippen LogP contribution in [0.2, 0.25) is 0 Å². The third-order valence-electron chi connectivity index (χ3n) is 4.50. The highest BCUT2D eigenvalue weighted by Crippen LogP contribution is 2.30. The molecule has 1 aromatic carbocycles. The molecule has 3 nitrogen and oxygen atoms in total. The monoisotopic (exact) mass is 368 g/mol. The maximum atomic E-state index is 14.0. The largest absolute Gasteiger partial charge is 0.416 e. The van der Waals surface area contributed by atoms with Crippen molar-refractivity contribution in [3.63, 3.8) is 0 Å². The zero-order valence-electron chi connectivity index (χ0n) is 14.2. The minimum Gasteiger partial charge on any atom is -0.372 e. The number of hydrogen-bond donors (Lipinski definition) is 0. The Morgan fingerprint density at radius 3 is 2.50 bits per heavy atom. The summed E-state index contributed by atoms with van der Waals surface area (Å²) in [5.41, 5.74) is 0.202. The van der Waals surface area contributed by atoms with Crippen molar-refractivity contribution in [2.75, 3.05) is 13.1 Å². The zero-order chi connectivity index (χ0) is 18.6. The summed E-state index contributed by atoms with van der Waals surface area (Å²) >= 11 is 0. The maximum Gasteiger partial charge on any atom is 0.416 e. The Balaban J connectivity index is 1.48. The number of rotatable bonds is 5. The van der Waals surface area contributed by atoms with Gasteiger partial charge in [-0.05, 0) is 37.1 Å². The van der Waals surface area contributed by atoms with Gasteiger partial charge in [0.05, 0.1) is 24.0 Å². The third-order valence-corrected chi connectivity index (χ3v) is 4.50. The molecule has 0 atom stereocenters. The van der Waals surface area contributed by atoms with Gasteiger partial charge < -0.3 is 4.74 Å². The molecule has 26 heavy (non-hydrogen) atoms. The van der Waals surface area contributed by atoms with E-state index >= 15 is 0 Å². The topological polar surface area (TPSA) is 25.4 Å². The van der Waals surface area contributed by atoms with E-state index in [-0.39, 0.29) is 11.7 Å². The number of benzene rings is 1. The molecular weight excluding hydrogens is 348 g/mol. The molecule has 0 N–H and O–H groups in total. The number of ether oxygens (including phenoxy) is 1. The predicted molar refractivity (Wildman–Crippen MR) is 88.7 cm³/mol. The highest BCUT2D eigenvalue weighted by molar-refractivity contribution is 5.26. The van der Waals surface area contributed by atoms with E-state index in [2.05, 4.69) is 4.98 Å². The molecule has 7 heteroatoms. The average Bonchev–Trinajstić information content (AvgIpc) is 2.63. The first-order chi connectivity index (χ1) is 12.4. The van der Waals surface area contributed by atoms with Gasteiger partial charge in [0.25, 0.3) is 0 Å². The molecule has 1 fully saturated rings. The second-order valence-electron chi connectivity index (χ2n) is 6.41. The van der Waals surface area contributed by atoms with Crippen LogP contribution in [0.5, 0.6) is 0 Å². The maximum absolute atomic E-state index is 14.0. The minimum absolute atomic E-state index is 0.116. The van der Waals surface area contributed by atoms with Crippen molar-refractivity contribution in [1.82, 2.24) is 9.88 Å². The Labute approximate surface area is 149 Å². The second kappa shape index (κ2) is 8.14. The van der Waals surface area contributed by atoms with Crippen molar-refractivity contribution in [2.24, 2.45) is 0 Å². The molecule has 1 aliphatic heterocycles. The van der Waals surface area contributed by atoms with Crippen LogP contribution in [0.4, 0.5) is 17.6 Å². The van der Waals surface area contributed by atoms with Gasteiger partial charge in [-0.2, -0.15) is 13.2 Å². The van der Waals surface area contributed by atoms with Crippen molar-refractivity contribution in [3.05, 3.63) is 65.2 Å². The molecule has 0 aliphatic carbocycles. The van der Waals surface area contributed by atoms with Gasteiger partial charge in [-0.1, -0.05) is 12.1 Å². The zero-order valence-corrected chi connectivity index (χ0v) is 14.2. The van der Waals surface area contributed by atoms with Crippen LogP contribution in [-0.2, 0) is 24.1 Å². The van der Waals surface area contributed by atoms with Gasteiger partial charge in [-0.3, -0.25) is 9.88 Å². The first-order valence-electron chi connectivity index (χ1n) is 8.51. The number of alkyl halides is 3. The van der Waals surface area contributed by atoms with Crippen LogP contribution in [0.3, 0.4) is 0 Å². The van der Waals surface area contributed by atoms with Gasteiger partial charge in [0.1, 0.15) is 5.82 Å². The molecule has 1 saturated heterocycles. The van der Waals surface area contributed by atoms with E-state index in [1.54, 1.807) is 6.20 Å². The summed E-state index contributed by atoms with van der Waals surface area (Å²) in [5, 5.41) is 0. The van der Waals surface area contributed by atoms with Gasteiger partial charge in [0.15, 0.2) is 0 Å². The van der Waals surface area contributed by atoms with Gasteiger partial charge >= 0.3 is 6.18 Å². The summed E-state index contributed by atoms with van der Waals surface area (Å²) in [6.45, 7) is 2.19. The lowest BCUT2D eigenvalue weighted by molar-refractivity contribution is -0.137. The number of likely N-dealkylation sites (tertiary alicyclic amines) is 1. The first kappa shape index (κ1) is 18.8. The summed E-state index contributed by atoms with van der Waals surface area (Å²) in [7, 11) is 0. The van der Waals surface area contributed by atoms with Crippen LogP contribution in [0.15, 0.2) is 42.6 Å². The quantitative estimate of drug-likeness (QED) is 0.731. The molecule has 0 unspecified atom stereocenters. The molecule has 2 aromatic rings. The number of nitrogens with zero attached hydrogens (tertiary/aromatic N) is 2. The highest BCUT2D eigenvalue weighted by atomic mass is 19.4. The SMILES string of the molecule is Fc1cc(C(F)(F)F)ccc1CN1CCC(OCc2ccccn2)CC1. The molecule has 2 heterocycles. The van der Waals surface area contributed by atoms with E-state index in [0.717, 1.165) is 24.6 Å². The lowest BCUT2D eigenvalue weighted by atomic mass is 10.1. The highest BCUT2D eigenvalue weighted by Gasteiger charge is 2.31. The Morgan fingerprint density at radius 1 is 1.12 bits per heavy atom. The van der Waals surface area contributed by atoms with Crippen LogP contribution < -0.4 is 0 Å². The minimum atomic E-state index is -4.53. The van der Waals surface area contributed by atoms with Crippen LogP contribution >= 0.6 is 0 Å². The van der Waals surface area contributed by atoms with Gasteiger partial charge in [-0.25, -0.2) is 4.39 Å². The lowest BCUT2D eigenvalue weighted by Gasteiger charge is -2.32. The fraction of sp³-hybridized carbons (Fsp3) is 0.421. The number of halogens is 4. The van der Waals surface area contributed by atoms with Crippen molar-refractivity contribution < 1.29 is 22.3 Å². The first-order valence-corrected chi connectivity index (χ1v) is 8.51. The van der Waals surface area contributed by atoms with Gasteiger partial charge in [-0.15, -0.1) is 0 Å². The van der Waals surface area contributed by atoms with Crippen molar-refractivity contribution >= 4 is 0 Å². The molecule has 0 bridgehead atoms. The smallest absolute Gasteiger partial charge is 0.372 e. The molecule has 3 rings (SSSR count). The van der Waals surface area contributed by atoms with Crippen LogP contribution in [-0.4, -0.2) is 29.1 Å². The van der Waals surface area contributed by atoms with Gasteiger partial charge in [0.2, 0.25) is 0 Å². The van der Waals surface area contributed by atoms with E-state index in [1.807, 2.05) is 23.1 Å². The van der Waals surface area contributed by atoms with E-state index < -0.39 is 17.6 Å². The molecule has 0 radical (unpaired) electrons. The predicted octanol–water partition coefficient (Wildman–Crippen LogP) is 4.42. The molecule has 0 amide bonds. The number of pyridine rings is 1. The van der Waals surface area contributed by atoms with Gasteiger partial charge in [0, 0.05) is 31.4 Å². The Kier molecular flexibility index (Phi) is 5.88. The fourth-order valence-electron chi connectivity index (χ4n) is 3.01. The second-order valence-corrected chi connectivity index (χ2v) is 6.41. The average molecular weight is 368 g/mol.